The Balaban J connectivity index is 2.97. The van der Waals surface area contributed by atoms with Crippen molar-refractivity contribution in [1.29, 1.82) is 5.26 Å². The van der Waals surface area contributed by atoms with Crippen LogP contribution in [0.4, 0.5) is 0 Å². The Hall–Kier alpha value is -1.95. The highest BCUT2D eigenvalue weighted by Gasteiger charge is 2.17. The van der Waals surface area contributed by atoms with E-state index < -0.39 is 0 Å². The largest absolute Gasteiger partial charge is 0.496 e. The molecule has 0 radical (unpaired) electrons. The number of ether oxygens (including phenoxy) is 2. The third-order valence-corrected chi connectivity index (χ3v) is 4.19. The Labute approximate surface area is 134 Å². The van der Waals surface area contributed by atoms with Gasteiger partial charge in [0.15, 0.2) is 0 Å². The van der Waals surface area contributed by atoms with Gasteiger partial charge in [0.25, 0.3) is 0 Å². The predicted molar refractivity (Wildman–Crippen MR) is 90.6 cm³/mol. The molecule has 0 N–H and O–H groups in total. The number of methoxy groups -OCH3 is 2. The van der Waals surface area contributed by atoms with Gasteiger partial charge in [0.2, 0.25) is 0 Å². The minimum atomic E-state index is 0.114. The summed E-state index contributed by atoms with van der Waals surface area (Å²) in [6.45, 7) is 8.16. The molecule has 0 saturated heterocycles. The molecular weight excluding hydrogens is 274 g/mol. The van der Waals surface area contributed by atoms with Crippen LogP contribution < -0.4 is 9.47 Å². The maximum atomic E-state index is 8.78. The van der Waals surface area contributed by atoms with Crippen molar-refractivity contribution >= 4 is 0 Å². The number of hydrogen-bond donors (Lipinski definition) is 0. The summed E-state index contributed by atoms with van der Waals surface area (Å²) in [6, 6.07) is 2.26. The average molecular weight is 301 g/mol. The fourth-order valence-electron chi connectivity index (χ4n) is 2.71. The van der Waals surface area contributed by atoms with E-state index in [1.54, 1.807) is 14.2 Å². The molecule has 0 heterocycles. The molecule has 3 nitrogen and oxygen atoms in total. The second kappa shape index (κ2) is 8.48. The van der Waals surface area contributed by atoms with Gasteiger partial charge < -0.3 is 9.47 Å². The molecule has 1 rings (SSSR count). The lowest BCUT2D eigenvalue weighted by molar-refractivity contribution is 0.391. The fourth-order valence-corrected chi connectivity index (χ4v) is 2.71. The lowest BCUT2D eigenvalue weighted by atomic mass is 9.95. The molecule has 1 aromatic rings. The minimum Gasteiger partial charge on any atom is -0.496 e. The molecule has 0 saturated carbocycles. The van der Waals surface area contributed by atoms with E-state index in [1.807, 2.05) is 6.92 Å². The van der Waals surface area contributed by atoms with Gasteiger partial charge in [0.1, 0.15) is 11.5 Å². The summed E-state index contributed by atoms with van der Waals surface area (Å²) in [4.78, 5) is 0. The van der Waals surface area contributed by atoms with Crippen LogP contribution in [0, 0.1) is 38.0 Å². The Kier molecular flexibility index (Phi) is 6.98. The number of rotatable bonds is 7. The zero-order valence-corrected chi connectivity index (χ0v) is 14.6. The Morgan fingerprint density at radius 2 is 1.59 bits per heavy atom. The van der Waals surface area contributed by atoms with E-state index in [1.165, 1.54) is 5.56 Å². The molecule has 22 heavy (non-hydrogen) atoms. The molecule has 0 aliphatic heterocycles. The first kappa shape index (κ1) is 18.1. The molecule has 0 fully saturated rings. The minimum absolute atomic E-state index is 0.114. The van der Waals surface area contributed by atoms with E-state index in [0.717, 1.165) is 47.5 Å². The van der Waals surface area contributed by atoms with Crippen LogP contribution >= 0.6 is 0 Å². The molecule has 1 unspecified atom stereocenters. The molecule has 1 aromatic carbocycles. The van der Waals surface area contributed by atoms with Crippen LogP contribution in [0.5, 0.6) is 11.5 Å². The van der Waals surface area contributed by atoms with Crippen molar-refractivity contribution in [2.45, 2.75) is 47.0 Å². The van der Waals surface area contributed by atoms with Crippen molar-refractivity contribution in [3.63, 3.8) is 0 Å². The maximum Gasteiger partial charge on any atom is 0.126 e. The van der Waals surface area contributed by atoms with Crippen LogP contribution in [0.1, 0.15) is 42.0 Å². The van der Waals surface area contributed by atoms with Crippen molar-refractivity contribution in [3.8, 4) is 17.6 Å². The Morgan fingerprint density at radius 3 is 2.14 bits per heavy atom. The highest BCUT2D eigenvalue weighted by molar-refractivity contribution is 5.58. The van der Waals surface area contributed by atoms with Crippen LogP contribution in [-0.4, -0.2) is 14.2 Å². The van der Waals surface area contributed by atoms with Gasteiger partial charge >= 0.3 is 0 Å². The number of allylic oxidation sites excluding steroid dienone is 2. The maximum absolute atomic E-state index is 8.78. The van der Waals surface area contributed by atoms with Crippen molar-refractivity contribution in [2.75, 3.05) is 14.2 Å². The molecule has 3 heteroatoms. The molecule has 120 valence electrons. The van der Waals surface area contributed by atoms with Gasteiger partial charge in [-0.15, -0.1) is 0 Å². The van der Waals surface area contributed by atoms with Gasteiger partial charge in [0, 0.05) is 11.5 Å². The molecule has 0 spiro atoms. The number of nitriles is 1. The molecular formula is C19H27NO2. The van der Waals surface area contributed by atoms with E-state index >= 15 is 0 Å². The fraction of sp³-hybridized carbons (Fsp3) is 0.526. The smallest absolute Gasteiger partial charge is 0.126 e. The van der Waals surface area contributed by atoms with Gasteiger partial charge in [-0.2, -0.15) is 5.26 Å². The van der Waals surface area contributed by atoms with Gasteiger partial charge in [-0.25, -0.2) is 0 Å². The van der Waals surface area contributed by atoms with E-state index in [9.17, 15) is 0 Å². The van der Waals surface area contributed by atoms with Gasteiger partial charge in [-0.05, 0) is 63.6 Å². The van der Waals surface area contributed by atoms with Crippen LogP contribution in [0.15, 0.2) is 12.2 Å². The van der Waals surface area contributed by atoms with E-state index in [-0.39, 0.29) is 5.92 Å². The van der Waals surface area contributed by atoms with Crippen molar-refractivity contribution in [3.05, 3.63) is 34.4 Å². The highest BCUT2D eigenvalue weighted by Crippen LogP contribution is 2.37. The average Bonchev–Trinajstić information content (AvgIpc) is 2.52. The monoisotopic (exact) mass is 301 g/mol. The molecule has 0 aliphatic carbocycles. The first-order valence-electron chi connectivity index (χ1n) is 7.73. The first-order valence-corrected chi connectivity index (χ1v) is 7.73. The van der Waals surface area contributed by atoms with Gasteiger partial charge in [-0.3, -0.25) is 0 Å². The van der Waals surface area contributed by atoms with E-state index in [0.29, 0.717) is 0 Å². The van der Waals surface area contributed by atoms with Crippen LogP contribution in [0.2, 0.25) is 0 Å². The summed E-state index contributed by atoms with van der Waals surface area (Å²) in [5, 5.41) is 8.78. The predicted octanol–water partition coefficient (Wildman–Crippen LogP) is 4.67. The second-order valence-corrected chi connectivity index (χ2v) is 5.70. The van der Waals surface area contributed by atoms with Crippen molar-refractivity contribution < 1.29 is 9.47 Å². The van der Waals surface area contributed by atoms with Crippen LogP contribution in [-0.2, 0) is 6.42 Å². The number of benzene rings is 1. The van der Waals surface area contributed by atoms with Gasteiger partial charge in [0.05, 0.1) is 20.3 Å². The van der Waals surface area contributed by atoms with E-state index in [2.05, 4.69) is 39.0 Å². The topological polar surface area (TPSA) is 42.2 Å². The summed E-state index contributed by atoms with van der Waals surface area (Å²) in [6.07, 6.45) is 6.95. The quantitative estimate of drug-likeness (QED) is 0.687. The molecule has 0 aliphatic rings. The van der Waals surface area contributed by atoms with Crippen LogP contribution in [0.25, 0.3) is 0 Å². The normalized spacial score (nSPS) is 12.2. The SMILES string of the molecule is COc1c(C)c(C)c(OC)c(C/C=C/CCC(C)C#N)c1C. The standard InChI is InChI=1S/C19H27NO2/c1-13(12-20)10-8-7-9-11-17-16(4)18(21-5)14(2)15(3)19(17)22-6/h7,9,13H,8,10-11H2,1-6H3/b9-7+. The number of nitrogens with zero attached hydrogens (tertiary/aromatic N) is 1. The number of hydrogen-bond acceptors (Lipinski definition) is 3. The molecule has 0 bridgehead atoms. The zero-order chi connectivity index (χ0) is 16.7. The summed E-state index contributed by atoms with van der Waals surface area (Å²) >= 11 is 0. The summed E-state index contributed by atoms with van der Waals surface area (Å²) in [5.74, 6) is 2.01. The van der Waals surface area contributed by atoms with Gasteiger partial charge in [-0.1, -0.05) is 12.2 Å². The third kappa shape index (κ3) is 4.04. The Morgan fingerprint density at radius 1 is 1.00 bits per heavy atom. The third-order valence-electron chi connectivity index (χ3n) is 4.19. The van der Waals surface area contributed by atoms with Crippen molar-refractivity contribution in [1.82, 2.24) is 0 Å². The lowest BCUT2D eigenvalue weighted by Crippen LogP contribution is -2.03. The summed E-state index contributed by atoms with van der Waals surface area (Å²) in [5.41, 5.74) is 4.57. The summed E-state index contributed by atoms with van der Waals surface area (Å²) < 4.78 is 11.2. The molecule has 0 aromatic heterocycles. The zero-order valence-electron chi connectivity index (χ0n) is 14.6. The molecule has 1 atom stereocenters. The Bertz CT molecular complexity index is 582. The highest BCUT2D eigenvalue weighted by atomic mass is 16.5. The van der Waals surface area contributed by atoms with E-state index in [4.69, 9.17) is 14.7 Å². The summed E-state index contributed by atoms with van der Waals surface area (Å²) in [7, 11) is 3.43. The first-order chi connectivity index (χ1) is 10.5. The van der Waals surface area contributed by atoms with Crippen LogP contribution in [0.3, 0.4) is 0 Å². The molecule has 0 amide bonds. The lowest BCUT2D eigenvalue weighted by Gasteiger charge is -2.19. The second-order valence-electron chi connectivity index (χ2n) is 5.70. The van der Waals surface area contributed by atoms with Crippen molar-refractivity contribution in [2.24, 2.45) is 5.92 Å².